The molecule has 7 nitrogen and oxygen atoms in total. The molecule has 0 unspecified atom stereocenters. The van der Waals surface area contributed by atoms with Gasteiger partial charge in [0.25, 0.3) is 5.91 Å². The van der Waals surface area contributed by atoms with E-state index in [4.69, 9.17) is 15.3 Å². The highest BCUT2D eigenvalue weighted by Crippen LogP contribution is 2.35. The van der Waals surface area contributed by atoms with Crippen molar-refractivity contribution in [3.63, 3.8) is 0 Å². The van der Waals surface area contributed by atoms with E-state index in [2.05, 4.69) is 15.2 Å². The fourth-order valence-corrected chi connectivity index (χ4v) is 3.05. The molecule has 25 heavy (non-hydrogen) atoms. The highest BCUT2D eigenvalue weighted by Gasteiger charge is 2.24. The van der Waals surface area contributed by atoms with Crippen LogP contribution in [0.5, 0.6) is 0 Å². The Balaban J connectivity index is 0.000000150. The largest absolute Gasteiger partial charge is 0.422 e. The molecule has 2 heterocycles. The number of carbonyl (C=O) groups excluding carboxylic acids is 1. The topological polar surface area (TPSA) is 115 Å². The summed E-state index contributed by atoms with van der Waals surface area (Å²) < 4.78 is 5.16. The number of aromatic nitrogens is 3. The molecule has 1 amide bonds. The predicted octanol–water partition coefficient (Wildman–Crippen LogP) is 2.74. The number of primary amides is 1. The number of rotatable bonds is 4. The molecule has 0 radical (unpaired) electrons. The Hall–Kier alpha value is -2.58. The zero-order chi connectivity index (χ0) is 17.6. The Bertz CT molecular complexity index is 827. The SMILES string of the molecule is NC(=O)c1ncc(-c2ccccc2)s1.OCc1nnc(C2CCC2)o1. The second-order valence-electron chi connectivity index (χ2n) is 5.58. The summed E-state index contributed by atoms with van der Waals surface area (Å²) >= 11 is 1.31. The Morgan fingerprint density at radius 2 is 2.04 bits per heavy atom. The number of thiazole rings is 1. The van der Waals surface area contributed by atoms with Crippen molar-refractivity contribution >= 4 is 17.2 Å². The fourth-order valence-electron chi connectivity index (χ4n) is 2.27. The van der Waals surface area contributed by atoms with Gasteiger partial charge in [-0.3, -0.25) is 4.79 Å². The summed E-state index contributed by atoms with van der Waals surface area (Å²) in [6.07, 6.45) is 5.21. The third-order valence-corrected chi connectivity index (χ3v) is 4.91. The quantitative estimate of drug-likeness (QED) is 0.741. The van der Waals surface area contributed by atoms with Gasteiger partial charge in [-0.1, -0.05) is 36.8 Å². The van der Waals surface area contributed by atoms with Crippen molar-refractivity contribution in [2.75, 3.05) is 0 Å². The Labute approximate surface area is 148 Å². The van der Waals surface area contributed by atoms with E-state index in [0.717, 1.165) is 23.3 Å². The minimum absolute atomic E-state index is 0.153. The lowest BCUT2D eigenvalue weighted by atomic mass is 9.85. The average Bonchev–Trinajstić information content (AvgIpc) is 3.24. The summed E-state index contributed by atoms with van der Waals surface area (Å²) in [5.41, 5.74) is 6.17. The fraction of sp³-hybridized carbons (Fsp3) is 0.294. The van der Waals surface area contributed by atoms with Gasteiger partial charge < -0.3 is 15.3 Å². The number of hydrogen-bond donors (Lipinski definition) is 2. The first kappa shape index (κ1) is 17.2. The van der Waals surface area contributed by atoms with Crippen molar-refractivity contribution in [3.05, 3.63) is 53.3 Å². The first-order valence-electron chi connectivity index (χ1n) is 7.91. The number of nitrogens with two attached hydrogens (primary N) is 1. The van der Waals surface area contributed by atoms with Gasteiger partial charge in [-0.2, -0.15) is 0 Å². The van der Waals surface area contributed by atoms with Gasteiger partial charge in [0.15, 0.2) is 5.01 Å². The van der Waals surface area contributed by atoms with E-state index in [-0.39, 0.29) is 6.61 Å². The first-order chi connectivity index (χ1) is 12.2. The lowest BCUT2D eigenvalue weighted by Crippen LogP contribution is -2.09. The lowest BCUT2D eigenvalue weighted by molar-refractivity contribution is 0.1000. The molecule has 130 valence electrons. The molecule has 3 N–H and O–H groups in total. The van der Waals surface area contributed by atoms with Crippen LogP contribution in [0.15, 0.2) is 40.9 Å². The van der Waals surface area contributed by atoms with Crippen LogP contribution in [-0.4, -0.2) is 26.2 Å². The van der Waals surface area contributed by atoms with Gasteiger partial charge in [0.1, 0.15) is 6.61 Å². The molecule has 1 saturated carbocycles. The lowest BCUT2D eigenvalue weighted by Gasteiger charge is -2.20. The standard InChI is InChI=1S/C10H8N2OS.C7H10N2O2/c11-9(13)10-12-6-8(14-10)7-4-2-1-3-5-7;10-4-6-8-9-7(11-6)5-2-1-3-5/h1-6H,(H2,11,13);5,10H,1-4H2. The number of aliphatic hydroxyl groups is 1. The predicted molar refractivity (Wildman–Crippen MR) is 92.9 cm³/mol. The molecule has 0 saturated heterocycles. The van der Waals surface area contributed by atoms with E-state index in [1.165, 1.54) is 17.8 Å². The Morgan fingerprint density at radius 1 is 1.28 bits per heavy atom. The molecule has 2 aromatic heterocycles. The molecule has 8 heteroatoms. The van der Waals surface area contributed by atoms with Crippen LogP contribution in [0.25, 0.3) is 10.4 Å². The van der Waals surface area contributed by atoms with Gasteiger partial charge in [0.05, 0.1) is 4.88 Å². The highest BCUT2D eigenvalue weighted by molar-refractivity contribution is 7.16. The maximum Gasteiger partial charge on any atom is 0.277 e. The normalized spacial score (nSPS) is 13.6. The van der Waals surface area contributed by atoms with Crippen molar-refractivity contribution < 1.29 is 14.3 Å². The summed E-state index contributed by atoms with van der Waals surface area (Å²) in [6, 6.07) is 9.77. The molecule has 1 aromatic carbocycles. The molecule has 4 rings (SSSR count). The summed E-state index contributed by atoms with van der Waals surface area (Å²) in [5, 5.41) is 16.5. The first-order valence-corrected chi connectivity index (χ1v) is 8.73. The molecule has 0 aliphatic heterocycles. The summed E-state index contributed by atoms with van der Waals surface area (Å²) in [7, 11) is 0. The number of carbonyl (C=O) groups is 1. The van der Waals surface area contributed by atoms with Crippen molar-refractivity contribution in [2.24, 2.45) is 5.73 Å². The van der Waals surface area contributed by atoms with Gasteiger partial charge in [-0.25, -0.2) is 4.98 Å². The molecular weight excluding hydrogens is 340 g/mol. The smallest absolute Gasteiger partial charge is 0.277 e. The van der Waals surface area contributed by atoms with E-state index in [1.54, 1.807) is 6.20 Å². The molecule has 1 fully saturated rings. The van der Waals surface area contributed by atoms with Gasteiger partial charge in [0.2, 0.25) is 11.8 Å². The highest BCUT2D eigenvalue weighted by atomic mass is 32.1. The second kappa shape index (κ2) is 8.00. The summed E-state index contributed by atoms with van der Waals surface area (Å²) in [5.74, 6) is 1.01. The zero-order valence-electron chi connectivity index (χ0n) is 13.5. The van der Waals surface area contributed by atoms with E-state index in [1.807, 2.05) is 30.3 Å². The Morgan fingerprint density at radius 3 is 2.56 bits per heavy atom. The van der Waals surface area contributed by atoms with Crippen molar-refractivity contribution in [3.8, 4) is 10.4 Å². The van der Waals surface area contributed by atoms with Crippen LogP contribution < -0.4 is 5.73 Å². The number of amides is 1. The zero-order valence-corrected chi connectivity index (χ0v) is 14.3. The van der Waals surface area contributed by atoms with Crippen LogP contribution in [0.4, 0.5) is 0 Å². The van der Waals surface area contributed by atoms with Crippen molar-refractivity contribution in [2.45, 2.75) is 31.8 Å². The van der Waals surface area contributed by atoms with Crippen molar-refractivity contribution in [1.29, 1.82) is 0 Å². The van der Waals surface area contributed by atoms with Crippen LogP contribution in [0, 0.1) is 0 Å². The monoisotopic (exact) mass is 358 g/mol. The van der Waals surface area contributed by atoms with E-state index >= 15 is 0 Å². The maximum absolute atomic E-state index is 10.8. The summed E-state index contributed by atoms with van der Waals surface area (Å²) in [6.45, 7) is -0.153. The third kappa shape index (κ3) is 4.28. The molecular formula is C17H18N4O3S. The molecule has 1 aliphatic rings. The van der Waals surface area contributed by atoms with E-state index < -0.39 is 5.91 Å². The van der Waals surface area contributed by atoms with Crippen LogP contribution >= 0.6 is 11.3 Å². The second-order valence-corrected chi connectivity index (χ2v) is 6.61. The van der Waals surface area contributed by atoms with Crippen LogP contribution in [0.3, 0.4) is 0 Å². The molecule has 0 atom stereocenters. The molecule has 3 aromatic rings. The summed E-state index contributed by atoms with van der Waals surface area (Å²) in [4.78, 5) is 15.7. The third-order valence-electron chi connectivity index (χ3n) is 3.85. The van der Waals surface area contributed by atoms with Crippen LogP contribution in [0.2, 0.25) is 0 Å². The van der Waals surface area contributed by atoms with Gasteiger partial charge in [0, 0.05) is 12.1 Å². The van der Waals surface area contributed by atoms with E-state index in [0.29, 0.717) is 22.7 Å². The van der Waals surface area contributed by atoms with Crippen LogP contribution in [-0.2, 0) is 6.61 Å². The molecule has 0 bridgehead atoms. The number of nitrogens with zero attached hydrogens (tertiary/aromatic N) is 3. The maximum atomic E-state index is 10.8. The molecule has 1 aliphatic carbocycles. The average molecular weight is 358 g/mol. The minimum Gasteiger partial charge on any atom is -0.422 e. The number of hydrogen-bond acceptors (Lipinski definition) is 7. The van der Waals surface area contributed by atoms with Crippen LogP contribution in [0.1, 0.15) is 46.8 Å². The van der Waals surface area contributed by atoms with E-state index in [9.17, 15) is 4.79 Å². The van der Waals surface area contributed by atoms with Gasteiger partial charge in [-0.05, 0) is 18.4 Å². The number of aliphatic hydroxyl groups excluding tert-OH is 1. The molecule has 0 spiro atoms. The Kier molecular flexibility index (Phi) is 5.52. The van der Waals surface area contributed by atoms with Gasteiger partial charge in [-0.15, -0.1) is 21.5 Å². The van der Waals surface area contributed by atoms with Gasteiger partial charge >= 0.3 is 0 Å². The minimum atomic E-state index is -0.475. The number of benzene rings is 1. The van der Waals surface area contributed by atoms with Crippen molar-refractivity contribution in [1.82, 2.24) is 15.2 Å².